The Morgan fingerprint density at radius 3 is 1.38 bits per heavy atom. The zero-order valence-corrected chi connectivity index (χ0v) is 12.5. The number of rotatable bonds is 9. The maximum Gasteiger partial charge on any atom is 0.575 e. The van der Waals surface area contributed by atoms with Gasteiger partial charge < -0.3 is 22.8 Å². The summed E-state index contributed by atoms with van der Waals surface area (Å²) in [6, 6.07) is 0. The van der Waals surface area contributed by atoms with E-state index >= 15 is 0 Å². The monoisotopic (exact) mass is 270 g/mol. The molecule has 7 heteroatoms. The molecular formula is C9H22O5SSi. The normalized spacial score (nSPS) is 13.1. The van der Waals surface area contributed by atoms with E-state index in [1.165, 1.54) is 14.2 Å². The third-order valence-electron chi connectivity index (χ3n) is 1.94. The van der Waals surface area contributed by atoms with Crippen LogP contribution in [0.1, 0.15) is 20.8 Å². The first-order valence-corrected chi connectivity index (χ1v) is 7.47. The molecular weight excluding hydrogens is 248 g/mol. The number of hydrogen-bond acceptors (Lipinski definition) is 6. The minimum absolute atomic E-state index is 0.446. The third kappa shape index (κ3) is 3.43. The Hall–Kier alpha value is 0.367. The molecule has 5 nitrogen and oxygen atoms in total. The highest BCUT2D eigenvalue weighted by Crippen LogP contribution is 2.32. The van der Waals surface area contributed by atoms with Crippen LogP contribution in [-0.4, -0.2) is 47.6 Å². The fourth-order valence-electron chi connectivity index (χ4n) is 1.30. The van der Waals surface area contributed by atoms with Crippen LogP contribution < -0.4 is 0 Å². The lowest BCUT2D eigenvalue weighted by Crippen LogP contribution is -2.64. The van der Waals surface area contributed by atoms with Crippen molar-refractivity contribution in [3.8, 4) is 0 Å². The second-order valence-electron chi connectivity index (χ2n) is 2.85. The molecule has 0 radical (unpaired) electrons. The second-order valence-corrected chi connectivity index (χ2v) is 6.49. The second kappa shape index (κ2) is 7.65. The topological polar surface area (TPSA) is 46.2 Å². The highest BCUT2D eigenvalue weighted by molar-refractivity contribution is 7.83. The Labute approximate surface area is 104 Å². The van der Waals surface area contributed by atoms with Gasteiger partial charge in [0.1, 0.15) is 0 Å². The molecule has 0 N–H and O–H groups in total. The van der Waals surface area contributed by atoms with Gasteiger partial charge in [-0.05, 0) is 20.8 Å². The summed E-state index contributed by atoms with van der Waals surface area (Å²) in [5.74, 6) is 0. The Kier molecular flexibility index (Phi) is 7.82. The average Bonchev–Trinajstić information content (AvgIpc) is 2.28. The van der Waals surface area contributed by atoms with Crippen LogP contribution in [-0.2, 0) is 22.8 Å². The van der Waals surface area contributed by atoms with Crippen molar-refractivity contribution in [1.29, 1.82) is 0 Å². The van der Waals surface area contributed by atoms with E-state index < -0.39 is 13.5 Å². The van der Waals surface area contributed by atoms with Gasteiger partial charge in [-0.1, -0.05) is 0 Å². The molecule has 0 aliphatic rings. The van der Waals surface area contributed by atoms with E-state index in [1.54, 1.807) is 0 Å². The lowest BCUT2D eigenvalue weighted by molar-refractivity contribution is -0.134. The molecule has 0 aliphatic heterocycles. The van der Waals surface area contributed by atoms with E-state index in [2.05, 4.69) is 12.6 Å². The quantitative estimate of drug-likeness (QED) is 0.390. The highest BCUT2D eigenvalue weighted by atomic mass is 32.1. The van der Waals surface area contributed by atoms with Crippen LogP contribution in [0.3, 0.4) is 0 Å². The highest BCUT2D eigenvalue weighted by Gasteiger charge is 2.62. The van der Waals surface area contributed by atoms with E-state index in [4.69, 9.17) is 22.8 Å². The Bertz CT molecular complexity index is 172. The van der Waals surface area contributed by atoms with Crippen molar-refractivity contribution in [1.82, 2.24) is 0 Å². The maximum atomic E-state index is 5.63. The minimum atomic E-state index is -3.13. The first-order valence-electron chi connectivity index (χ1n) is 5.30. The summed E-state index contributed by atoms with van der Waals surface area (Å²) in [5, 5.41) is 0. The number of hydrogen-bond donors (Lipinski definition) is 1. The number of methoxy groups -OCH3 is 2. The lowest BCUT2D eigenvalue weighted by Gasteiger charge is -2.39. The summed E-state index contributed by atoms with van der Waals surface area (Å²) in [6.45, 7) is 6.92. The standard InChI is InChI=1S/C9H22O5SSi/c1-6-12-16(13-7-2,14-8-3)9(15,10-4)11-5/h15H,6-8H2,1-5H3. The first-order chi connectivity index (χ1) is 7.55. The fourth-order valence-corrected chi connectivity index (χ4v) is 4.32. The van der Waals surface area contributed by atoms with Crippen molar-refractivity contribution in [2.24, 2.45) is 0 Å². The molecule has 0 aromatic carbocycles. The average molecular weight is 270 g/mol. The molecule has 0 heterocycles. The minimum Gasteiger partial charge on any atom is -0.370 e. The van der Waals surface area contributed by atoms with Gasteiger partial charge in [-0.15, -0.1) is 12.6 Å². The Balaban J connectivity index is 5.10. The fraction of sp³-hybridized carbons (Fsp3) is 1.00. The summed E-state index contributed by atoms with van der Waals surface area (Å²) < 4.78 is 26.1. The van der Waals surface area contributed by atoms with Crippen LogP contribution in [0.2, 0.25) is 0 Å². The molecule has 0 bridgehead atoms. The van der Waals surface area contributed by atoms with E-state index in [9.17, 15) is 0 Å². The smallest absolute Gasteiger partial charge is 0.370 e. The van der Waals surface area contributed by atoms with Crippen LogP contribution in [0.4, 0.5) is 0 Å². The maximum absolute atomic E-state index is 5.63. The molecule has 16 heavy (non-hydrogen) atoms. The largest absolute Gasteiger partial charge is 0.575 e. The van der Waals surface area contributed by atoms with E-state index in [-0.39, 0.29) is 0 Å². The van der Waals surface area contributed by atoms with Crippen molar-refractivity contribution >= 4 is 21.4 Å². The van der Waals surface area contributed by atoms with Gasteiger partial charge in [0.05, 0.1) is 0 Å². The predicted molar refractivity (Wildman–Crippen MR) is 66.4 cm³/mol. The van der Waals surface area contributed by atoms with Crippen LogP contribution >= 0.6 is 12.6 Å². The SMILES string of the molecule is CCO[Si](OCC)(OCC)C(S)(OC)OC. The van der Waals surface area contributed by atoms with Crippen molar-refractivity contribution in [2.75, 3.05) is 34.0 Å². The van der Waals surface area contributed by atoms with Gasteiger partial charge in [0, 0.05) is 34.0 Å². The Morgan fingerprint density at radius 2 is 1.19 bits per heavy atom. The van der Waals surface area contributed by atoms with Gasteiger partial charge in [0.15, 0.2) is 0 Å². The number of ether oxygens (including phenoxy) is 2. The molecule has 0 unspecified atom stereocenters. The van der Waals surface area contributed by atoms with E-state index in [0.717, 1.165) is 0 Å². The molecule has 98 valence electrons. The lowest BCUT2D eigenvalue weighted by atomic mass is 10.9. The summed E-state index contributed by atoms with van der Waals surface area (Å²) in [5.41, 5.74) is 0. The molecule has 0 aromatic heterocycles. The van der Waals surface area contributed by atoms with Crippen molar-refractivity contribution in [3.63, 3.8) is 0 Å². The zero-order valence-electron chi connectivity index (χ0n) is 10.6. The molecule has 0 atom stereocenters. The Morgan fingerprint density at radius 1 is 0.875 bits per heavy atom. The van der Waals surface area contributed by atoms with Gasteiger partial charge >= 0.3 is 8.80 Å². The third-order valence-corrected chi connectivity index (χ3v) is 6.32. The zero-order chi connectivity index (χ0) is 12.7. The molecule has 0 saturated carbocycles. The summed E-state index contributed by atoms with van der Waals surface area (Å²) >= 11 is 4.34. The molecule has 0 saturated heterocycles. The van der Waals surface area contributed by atoms with Crippen LogP contribution in [0.15, 0.2) is 0 Å². The van der Waals surface area contributed by atoms with Crippen LogP contribution in [0, 0.1) is 0 Å². The van der Waals surface area contributed by atoms with E-state index in [0.29, 0.717) is 19.8 Å². The summed E-state index contributed by atoms with van der Waals surface area (Å²) in [6.07, 6.45) is 0. The molecule has 0 aliphatic carbocycles. The first kappa shape index (κ1) is 16.4. The molecule has 0 amide bonds. The van der Waals surface area contributed by atoms with Gasteiger partial charge in [-0.25, -0.2) is 0 Å². The van der Waals surface area contributed by atoms with Crippen molar-refractivity contribution in [3.05, 3.63) is 0 Å². The molecule has 0 rings (SSSR count). The van der Waals surface area contributed by atoms with Gasteiger partial charge in [0.2, 0.25) is 0 Å². The van der Waals surface area contributed by atoms with Gasteiger partial charge in [0.25, 0.3) is 4.74 Å². The molecule has 0 spiro atoms. The molecule has 0 aromatic rings. The van der Waals surface area contributed by atoms with Gasteiger partial charge in [-0.2, -0.15) is 0 Å². The van der Waals surface area contributed by atoms with Crippen LogP contribution in [0.5, 0.6) is 0 Å². The molecule has 0 fully saturated rings. The van der Waals surface area contributed by atoms with E-state index in [1.807, 2.05) is 20.8 Å². The summed E-state index contributed by atoms with van der Waals surface area (Å²) in [4.78, 5) is 0. The van der Waals surface area contributed by atoms with Crippen molar-refractivity contribution in [2.45, 2.75) is 25.5 Å². The predicted octanol–water partition coefficient (Wildman–Crippen LogP) is 1.45. The van der Waals surface area contributed by atoms with Gasteiger partial charge in [-0.3, -0.25) is 0 Å². The summed E-state index contributed by atoms with van der Waals surface area (Å²) in [7, 11) is -0.167. The van der Waals surface area contributed by atoms with Crippen molar-refractivity contribution < 1.29 is 22.8 Å². The van der Waals surface area contributed by atoms with Crippen LogP contribution in [0.25, 0.3) is 0 Å². The number of thiol groups is 1.